The quantitative estimate of drug-likeness (QED) is 0.678. The van der Waals surface area contributed by atoms with Crippen LogP contribution >= 0.6 is 0 Å². The number of carbonyl (C=O) groups excluding carboxylic acids is 4. The van der Waals surface area contributed by atoms with Crippen molar-refractivity contribution in [3.63, 3.8) is 0 Å². The number of rotatable bonds is 6. The van der Waals surface area contributed by atoms with Crippen molar-refractivity contribution in [3.8, 4) is 0 Å². The van der Waals surface area contributed by atoms with Gasteiger partial charge in [-0.05, 0) is 18.4 Å². The van der Waals surface area contributed by atoms with Gasteiger partial charge in [0.15, 0.2) is 6.67 Å². The first-order valence-corrected chi connectivity index (χ1v) is 8.34. The van der Waals surface area contributed by atoms with Gasteiger partial charge in [-0.2, -0.15) is 0 Å². The fraction of sp³-hybridized carbons (Fsp3) is 0.412. The Bertz CT molecular complexity index is 700. The maximum atomic E-state index is 12.6. The number of hydrogen-bond acceptors (Lipinski definition) is 5. The van der Waals surface area contributed by atoms with E-state index < -0.39 is 43.1 Å². The average Bonchev–Trinajstić information content (AvgIpc) is 3.15. The van der Waals surface area contributed by atoms with Gasteiger partial charge in [-0.25, -0.2) is 14.2 Å². The van der Waals surface area contributed by atoms with Crippen molar-refractivity contribution in [2.24, 2.45) is 5.73 Å². The van der Waals surface area contributed by atoms with Crippen LogP contribution in [-0.2, 0) is 25.7 Å². The summed E-state index contributed by atoms with van der Waals surface area (Å²) in [4.78, 5) is 48.4. The van der Waals surface area contributed by atoms with Gasteiger partial charge in [-0.3, -0.25) is 24.7 Å². The van der Waals surface area contributed by atoms with Gasteiger partial charge in [0.05, 0.1) is 0 Å². The van der Waals surface area contributed by atoms with Crippen LogP contribution in [0.1, 0.15) is 18.4 Å². The Morgan fingerprint density at radius 3 is 2.59 bits per heavy atom. The highest BCUT2D eigenvalue weighted by atomic mass is 19.1. The van der Waals surface area contributed by atoms with Gasteiger partial charge in [0.25, 0.3) is 11.8 Å². The number of benzene rings is 1. The Labute approximate surface area is 155 Å². The number of nitrogens with one attached hydrogen (secondary N) is 1. The van der Waals surface area contributed by atoms with Crippen LogP contribution in [0.15, 0.2) is 30.3 Å². The minimum Gasteiger partial charge on any atom is -0.445 e. The Morgan fingerprint density at radius 1 is 1.26 bits per heavy atom. The van der Waals surface area contributed by atoms with E-state index >= 15 is 0 Å². The summed E-state index contributed by atoms with van der Waals surface area (Å²) in [5.74, 6) is -2.74. The molecule has 1 heterocycles. The zero-order chi connectivity index (χ0) is 19.8. The minimum atomic E-state index is -1.40. The minimum absolute atomic E-state index is 0.0542. The molecular formula is C17H21FN4O5. The van der Waals surface area contributed by atoms with E-state index in [2.05, 4.69) is 5.43 Å². The molecule has 0 unspecified atom stereocenters. The standard InChI is InChI=1S/C17H21FN4O5/c18-9-15(24)22(10-14(19)23)20-16(25)13-7-4-8-21(13)17(26)27-11-12-5-2-1-3-6-12/h1-3,5-6,13H,4,7-11H2,(H2,19,23)(H,20,25)/t13-/m0/s1. The zero-order valence-electron chi connectivity index (χ0n) is 14.6. The van der Waals surface area contributed by atoms with Crippen LogP contribution in [0, 0.1) is 0 Å². The lowest BCUT2D eigenvalue weighted by Gasteiger charge is -2.27. The molecule has 0 aliphatic carbocycles. The molecule has 0 bridgehead atoms. The van der Waals surface area contributed by atoms with Gasteiger partial charge in [0, 0.05) is 6.54 Å². The van der Waals surface area contributed by atoms with Crippen LogP contribution < -0.4 is 11.2 Å². The maximum Gasteiger partial charge on any atom is 0.410 e. The summed E-state index contributed by atoms with van der Waals surface area (Å²) in [6.07, 6.45) is 0.237. The number of carbonyl (C=O) groups is 4. The SMILES string of the molecule is NC(=O)CN(NC(=O)[C@@H]1CCCN1C(=O)OCc1ccccc1)C(=O)CF. The van der Waals surface area contributed by atoms with Crippen molar-refractivity contribution in [2.75, 3.05) is 19.8 Å². The molecule has 0 radical (unpaired) electrons. The lowest BCUT2D eigenvalue weighted by atomic mass is 10.2. The molecule has 1 aliphatic heterocycles. The second-order valence-corrected chi connectivity index (χ2v) is 5.95. The van der Waals surface area contributed by atoms with Crippen LogP contribution in [0.5, 0.6) is 0 Å². The Kier molecular flexibility index (Phi) is 7.09. The molecule has 27 heavy (non-hydrogen) atoms. The highest BCUT2D eigenvalue weighted by Gasteiger charge is 2.36. The van der Waals surface area contributed by atoms with E-state index in [9.17, 15) is 23.6 Å². The predicted molar refractivity (Wildman–Crippen MR) is 91.4 cm³/mol. The smallest absolute Gasteiger partial charge is 0.410 e. The Balaban J connectivity index is 1.96. The van der Waals surface area contributed by atoms with E-state index in [4.69, 9.17) is 10.5 Å². The summed E-state index contributed by atoms with van der Waals surface area (Å²) in [6, 6.07) is 8.16. The number of amides is 4. The van der Waals surface area contributed by atoms with Gasteiger partial charge in [0.2, 0.25) is 5.91 Å². The van der Waals surface area contributed by atoms with Crippen molar-refractivity contribution in [1.82, 2.24) is 15.3 Å². The van der Waals surface area contributed by atoms with Crippen LogP contribution in [0.2, 0.25) is 0 Å². The van der Waals surface area contributed by atoms with Crippen LogP contribution in [-0.4, -0.2) is 59.5 Å². The van der Waals surface area contributed by atoms with Gasteiger partial charge < -0.3 is 10.5 Å². The first-order valence-electron chi connectivity index (χ1n) is 8.34. The zero-order valence-corrected chi connectivity index (χ0v) is 14.6. The monoisotopic (exact) mass is 380 g/mol. The molecule has 0 spiro atoms. The molecule has 1 saturated heterocycles. The molecule has 2 rings (SSSR count). The molecule has 1 atom stereocenters. The lowest BCUT2D eigenvalue weighted by Crippen LogP contribution is -2.55. The number of nitrogens with zero attached hydrogens (tertiary/aromatic N) is 2. The third-order valence-electron chi connectivity index (χ3n) is 3.97. The molecule has 3 N–H and O–H groups in total. The molecule has 9 nitrogen and oxygen atoms in total. The van der Waals surface area contributed by atoms with Crippen molar-refractivity contribution in [3.05, 3.63) is 35.9 Å². The van der Waals surface area contributed by atoms with E-state index in [1.54, 1.807) is 12.1 Å². The van der Waals surface area contributed by atoms with E-state index in [0.717, 1.165) is 5.56 Å². The number of ether oxygens (including phenoxy) is 1. The molecule has 0 saturated carbocycles. The van der Waals surface area contributed by atoms with E-state index in [0.29, 0.717) is 24.4 Å². The Hall–Kier alpha value is -3.17. The number of nitrogens with two attached hydrogens (primary N) is 1. The lowest BCUT2D eigenvalue weighted by molar-refractivity contribution is -0.145. The summed E-state index contributed by atoms with van der Waals surface area (Å²) in [7, 11) is 0. The molecule has 1 fully saturated rings. The third-order valence-corrected chi connectivity index (χ3v) is 3.97. The third kappa shape index (κ3) is 5.66. The van der Waals surface area contributed by atoms with Crippen LogP contribution in [0.3, 0.4) is 0 Å². The van der Waals surface area contributed by atoms with Crippen molar-refractivity contribution < 1.29 is 28.3 Å². The fourth-order valence-corrected chi connectivity index (χ4v) is 2.69. The molecule has 4 amide bonds. The van der Waals surface area contributed by atoms with Crippen molar-refractivity contribution >= 4 is 23.8 Å². The van der Waals surface area contributed by atoms with E-state index in [1.807, 2.05) is 18.2 Å². The van der Waals surface area contributed by atoms with Crippen molar-refractivity contribution in [2.45, 2.75) is 25.5 Å². The second kappa shape index (κ2) is 9.51. The average molecular weight is 380 g/mol. The van der Waals surface area contributed by atoms with Gasteiger partial charge in [-0.15, -0.1) is 0 Å². The number of hydrogen-bond donors (Lipinski definition) is 2. The largest absolute Gasteiger partial charge is 0.445 e. The second-order valence-electron chi connectivity index (χ2n) is 5.95. The highest BCUT2D eigenvalue weighted by Crippen LogP contribution is 2.19. The summed E-state index contributed by atoms with van der Waals surface area (Å²) < 4.78 is 17.8. The van der Waals surface area contributed by atoms with Crippen LogP contribution in [0.25, 0.3) is 0 Å². The number of halogens is 1. The molecule has 1 aromatic rings. The molecule has 10 heteroatoms. The molecule has 1 aliphatic rings. The number of primary amides is 1. The molecule has 146 valence electrons. The summed E-state index contributed by atoms with van der Waals surface area (Å²) in [6.45, 7) is -1.71. The molecule has 0 aromatic heterocycles. The first kappa shape index (κ1) is 20.1. The maximum absolute atomic E-state index is 12.6. The Morgan fingerprint density at radius 2 is 1.96 bits per heavy atom. The predicted octanol–water partition coefficient (Wildman–Crippen LogP) is 0.102. The number of hydrazine groups is 1. The summed E-state index contributed by atoms with van der Waals surface area (Å²) in [5, 5.41) is 0.510. The van der Waals surface area contributed by atoms with Gasteiger partial charge in [0.1, 0.15) is 19.2 Å². The number of likely N-dealkylation sites (tertiary alicyclic amines) is 1. The van der Waals surface area contributed by atoms with Crippen LogP contribution in [0.4, 0.5) is 9.18 Å². The van der Waals surface area contributed by atoms with E-state index in [1.165, 1.54) is 4.90 Å². The van der Waals surface area contributed by atoms with E-state index in [-0.39, 0.29) is 6.61 Å². The highest BCUT2D eigenvalue weighted by molar-refractivity contribution is 5.90. The van der Waals surface area contributed by atoms with Gasteiger partial charge in [-0.1, -0.05) is 30.3 Å². The topological polar surface area (TPSA) is 122 Å². The molecule has 1 aromatic carbocycles. The summed E-state index contributed by atoms with van der Waals surface area (Å²) >= 11 is 0. The summed E-state index contributed by atoms with van der Waals surface area (Å²) in [5.41, 5.74) is 7.95. The van der Waals surface area contributed by atoms with Crippen molar-refractivity contribution in [1.29, 1.82) is 0 Å². The normalized spacial score (nSPS) is 15.9. The number of alkyl halides is 1. The van der Waals surface area contributed by atoms with Gasteiger partial charge >= 0.3 is 6.09 Å². The molecular weight excluding hydrogens is 359 g/mol. The first-order chi connectivity index (χ1) is 12.9. The fourth-order valence-electron chi connectivity index (χ4n) is 2.69.